The van der Waals surface area contributed by atoms with Crippen molar-refractivity contribution in [1.82, 2.24) is 5.32 Å². The Morgan fingerprint density at radius 2 is 2.20 bits per heavy atom. The van der Waals surface area contributed by atoms with Crippen LogP contribution in [0, 0.1) is 11.8 Å². The first kappa shape index (κ1) is 14.6. The molecule has 1 aromatic rings. The maximum absolute atomic E-state index is 12.1. The maximum Gasteiger partial charge on any atom is 0.306 e. The molecule has 5 nitrogen and oxygen atoms in total. The molecule has 1 amide bonds. The average Bonchev–Trinajstić information content (AvgIpc) is 3.07. The predicted octanol–water partition coefficient (Wildman–Crippen LogP) is 2.22. The Kier molecular flexibility index (Phi) is 4.82. The molecule has 0 spiro atoms. The smallest absolute Gasteiger partial charge is 0.306 e. The fraction of sp³-hybridized carbons (Fsp3) is 0.600. The molecule has 0 radical (unpaired) electrons. The zero-order chi connectivity index (χ0) is 14.5. The van der Waals surface area contributed by atoms with Crippen LogP contribution in [0.1, 0.15) is 38.4 Å². The summed E-state index contributed by atoms with van der Waals surface area (Å²) < 4.78 is 5.25. The van der Waals surface area contributed by atoms with Crippen LogP contribution in [0.5, 0.6) is 0 Å². The van der Waals surface area contributed by atoms with Crippen LogP contribution in [0.2, 0.25) is 0 Å². The van der Waals surface area contributed by atoms with Crippen LogP contribution in [-0.4, -0.2) is 23.0 Å². The van der Waals surface area contributed by atoms with Crippen LogP contribution in [0.3, 0.4) is 0 Å². The minimum absolute atomic E-state index is 0.0132. The third-order valence-electron chi connectivity index (χ3n) is 3.95. The van der Waals surface area contributed by atoms with Gasteiger partial charge >= 0.3 is 5.97 Å². The number of hydrogen-bond acceptors (Lipinski definition) is 3. The Morgan fingerprint density at radius 3 is 2.80 bits per heavy atom. The average molecular weight is 279 g/mol. The van der Waals surface area contributed by atoms with Crippen molar-refractivity contribution in [2.24, 2.45) is 11.8 Å². The minimum Gasteiger partial charge on any atom is -0.481 e. The summed E-state index contributed by atoms with van der Waals surface area (Å²) in [6.07, 6.45) is 4.99. The molecular formula is C15H21NO4. The van der Waals surface area contributed by atoms with Crippen molar-refractivity contribution in [3.63, 3.8) is 0 Å². The number of aliphatic carboxylic acids is 1. The Morgan fingerprint density at radius 1 is 1.45 bits per heavy atom. The summed E-state index contributed by atoms with van der Waals surface area (Å²) in [6.45, 7) is 1.96. The summed E-state index contributed by atoms with van der Waals surface area (Å²) in [4.78, 5) is 22.9. The van der Waals surface area contributed by atoms with E-state index in [1.165, 1.54) is 0 Å². The van der Waals surface area contributed by atoms with Gasteiger partial charge in [-0.3, -0.25) is 9.59 Å². The van der Waals surface area contributed by atoms with Gasteiger partial charge in [-0.2, -0.15) is 0 Å². The summed E-state index contributed by atoms with van der Waals surface area (Å²) in [6, 6.07) is 3.84. The summed E-state index contributed by atoms with van der Waals surface area (Å²) in [7, 11) is 0. The van der Waals surface area contributed by atoms with Crippen molar-refractivity contribution in [1.29, 1.82) is 0 Å². The number of nitrogens with one attached hydrogen (secondary N) is 1. The topological polar surface area (TPSA) is 79.5 Å². The molecule has 1 aromatic heterocycles. The van der Waals surface area contributed by atoms with E-state index in [4.69, 9.17) is 9.52 Å². The van der Waals surface area contributed by atoms with Crippen LogP contribution >= 0.6 is 0 Å². The highest BCUT2D eigenvalue weighted by Gasteiger charge is 2.34. The number of amides is 1. The van der Waals surface area contributed by atoms with Gasteiger partial charge in [0.25, 0.3) is 0 Å². The molecule has 1 aliphatic rings. The lowest BCUT2D eigenvalue weighted by Gasteiger charge is -2.16. The second kappa shape index (κ2) is 6.59. The molecule has 1 fully saturated rings. The van der Waals surface area contributed by atoms with Gasteiger partial charge in [-0.05, 0) is 44.7 Å². The molecule has 1 heterocycles. The molecule has 20 heavy (non-hydrogen) atoms. The van der Waals surface area contributed by atoms with Gasteiger partial charge in [-0.1, -0.05) is 0 Å². The molecule has 0 saturated heterocycles. The molecule has 1 unspecified atom stereocenters. The van der Waals surface area contributed by atoms with Gasteiger partial charge in [0.2, 0.25) is 5.91 Å². The number of carboxylic acid groups (broad SMARTS) is 1. The summed E-state index contributed by atoms with van der Waals surface area (Å²) in [5.74, 6) is -0.392. The van der Waals surface area contributed by atoms with Gasteiger partial charge in [-0.25, -0.2) is 0 Å². The second-order valence-corrected chi connectivity index (χ2v) is 5.57. The van der Waals surface area contributed by atoms with Crippen molar-refractivity contribution < 1.29 is 19.1 Å². The predicted molar refractivity (Wildman–Crippen MR) is 73.1 cm³/mol. The van der Waals surface area contributed by atoms with Gasteiger partial charge in [0.1, 0.15) is 5.76 Å². The number of hydrogen-bond donors (Lipinski definition) is 2. The number of carboxylic acids is 1. The highest BCUT2D eigenvalue weighted by molar-refractivity contribution is 5.81. The number of aryl methyl sites for hydroxylation is 1. The van der Waals surface area contributed by atoms with E-state index in [0.717, 1.165) is 18.6 Å². The Bertz CT molecular complexity index is 454. The quantitative estimate of drug-likeness (QED) is 0.836. The van der Waals surface area contributed by atoms with Gasteiger partial charge in [0.15, 0.2) is 0 Å². The van der Waals surface area contributed by atoms with Gasteiger partial charge in [-0.15, -0.1) is 0 Å². The summed E-state index contributed by atoms with van der Waals surface area (Å²) >= 11 is 0. The maximum atomic E-state index is 12.1. The largest absolute Gasteiger partial charge is 0.481 e. The van der Waals surface area contributed by atoms with E-state index >= 15 is 0 Å². The third-order valence-corrected chi connectivity index (χ3v) is 3.95. The first-order chi connectivity index (χ1) is 9.56. The molecule has 0 aromatic carbocycles. The van der Waals surface area contributed by atoms with Crippen molar-refractivity contribution in [3.05, 3.63) is 24.2 Å². The fourth-order valence-corrected chi connectivity index (χ4v) is 2.69. The molecular weight excluding hydrogens is 258 g/mol. The van der Waals surface area contributed by atoms with Crippen LogP contribution in [0.4, 0.5) is 0 Å². The summed E-state index contributed by atoms with van der Waals surface area (Å²) in [5, 5.41) is 11.9. The van der Waals surface area contributed by atoms with E-state index in [1.54, 1.807) is 6.26 Å². The molecule has 110 valence electrons. The van der Waals surface area contributed by atoms with Crippen LogP contribution in [0.25, 0.3) is 0 Å². The molecule has 0 bridgehead atoms. The normalized spacial score (nSPS) is 23.4. The van der Waals surface area contributed by atoms with Crippen LogP contribution < -0.4 is 5.32 Å². The van der Waals surface area contributed by atoms with E-state index in [0.29, 0.717) is 19.3 Å². The van der Waals surface area contributed by atoms with E-state index in [9.17, 15) is 9.59 Å². The SMILES string of the molecule is CC(CCc1ccco1)NC(=O)[C@@H]1CC[C@H](C(=O)O)C1. The number of carbonyl (C=O) groups is 2. The number of furan rings is 1. The molecule has 2 N–H and O–H groups in total. The van der Waals surface area contributed by atoms with E-state index in [1.807, 2.05) is 19.1 Å². The standard InChI is InChI=1S/C15H21NO4/c1-10(4-7-13-3-2-8-20-13)16-14(17)11-5-6-12(9-11)15(18)19/h2-3,8,10-12H,4-7,9H2,1H3,(H,16,17)(H,18,19)/t10?,11-,12+/m1/s1. The zero-order valence-electron chi connectivity index (χ0n) is 11.7. The van der Waals surface area contributed by atoms with E-state index < -0.39 is 5.97 Å². The number of rotatable bonds is 6. The first-order valence-electron chi connectivity index (χ1n) is 7.12. The van der Waals surface area contributed by atoms with Gasteiger partial charge in [0.05, 0.1) is 12.2 Å². The molecule has 1 saturated carbocycles. The van der Waals surface area contributed by atoms with Crippen LogP contribution in [-0.2, 0) is 16.0 Å². The highest BCUT2D eigenvalue weighted by atomic mass is 16.4. The van der Waals surface area contributed by atoms with Crippen LogP contribution in [0.15, 0.2) is 22.8 Å². The Labute approximate surface area is 118 Å². The van der Waals surface area contributed by atoms with Crippen molar-refractivity contribution in [2.45, 2.75) is 45.1 Å². The Hall–Kier alpha value is -1.78. The van der Waals surface area contributed by atoms with Crippen molar-refractivity contribution >= 4 is 11.9 Å². The van der Waals surface area contributed by atoms with E-state index in [-0.39, 0.29) is 23.8 Å². The lowest BCUT2D eigenvalue weighted by atomic mass is 10.0. The highest BCUT2D eigenvalue weighted by Crippen LogP contribution is 2.31. The molecule has 0 aliphatic heterocycles. The fourth-order valence-electron chi connectivity index (χ4n) is 2.69. The number of carbonyl (C=O) groups excluding carboxylic acids is 1. The summed E-state index contributed by atoms with van der Waals surface area (Å²) in [5.41, 5.74) is 0. The zero-order valence-corrected chi connectivity index (χ0v) is 11.7. The lowest BCUT2D eigenvalue weighted by Crippen LogP contribution is -2.37. The third kappa shape index (κ3) is 3.85. The van der Waals surface area contributed by atoms with E-state index in [2.05, 4.69) is 5.32 Å². The minimum atomic E-state index is -0.786. The molecule has 5 heteroatoms. The van der Waals surface area contributed by atoms with Gasteiger partial charge < -0.3 is 14.8 Å². The Balaban J connectivity index is 1.72. The monoisotopic (exact) mass is 279 g/mol. The molecule has 3 atom stereocenters. The van der Waals surface area contributed by atoms with Crippen molar-refractivity contribution in [2.75, 3.05) is 0 Å². The molecule has 1 aliphatic carbocycles. The van der Waals surface area contributed by atoms with Gasteiger partial charge in [0, 0.05) is 18.4 Å². The molecule has 2 rings (SSSR count). The lowest BCUT2D eigenvalue weighted by molar-refractivity contribution is -0.141. The second-order valence-electron chi connectivity index (χ2n) is 5.57. The van der Waals surface area contributed by atoms with Crippen molar-refractivity contribution in [3.8, 4) is 0 Å². The first-order valence-corrected chi connectivity index (χ1v) is 7.12.